The number of nitrogens with zero attached hydrogens (tertiary/aromatic N) is 1. The Labute approximate surface area is 142 Å². The Kier molecular flexibility index (Phi) is 5.33. The second-order valence-electron chi connectivity index (χ2n) is 5.72. The van der Waals surface area contributed by atoms with Crippen molar-refractivity contribution in [1.82, 2.24) is 10.6 Å². The molecule has 0 fully saturated rings. The molecule has 3 N–H and O–H groups in total. The van der Waals surface area contributed by atoms with Gasteiger partial charge in [0.25, 0.3) is 0 Å². The largest absolute Gasteiger partial charge is 0.496 e. The molecule has 0 aromatic heterocycles. The SMILES string of the molecule is COc1cccc(CC(NC2=NCCN2)c2ccccc2)c1CO. The van der Waals surface area contributed by atoms with Gasteiger partial charge in [-0.05, 0) is 23.6 Å². The number of aliphatic hydroxyl groups excluding tert-OH is 1. The van der Waals surface area contributed by atoms with Gasteiger partial charge in [-0.3, -0.25) is 4.99 Å². The summed E-state index contributed by atoms with van der Waals surface area (Å²) in [6, 6.07) is 16.2. The van der Waals surface area contributed by atoms with Crippen LogP contribution in [-0.4, -0.2) is 31.3 Å². The zero-order chi connectivity index (χ0) is 16.8. The minimum atomic E-state index is -0.0416. The summed E-state index contributed by atoms with van der Waals surface area (Å²) in [7, 11) is 1.63. The lowest BCUT2D eigenvalue weighted by molar-refractivity contribution is 0.272. The summed E-state index contributed by atoms with van der Waals surface area (Å²) in [5.74, 6) is 1.55. The zero-order valence-electron chi connectivity index (χ0n) is 13.8. The van der Waals surface area contributed by atoms with E-state index in [-0.39, 0.29) is 12.6 Å². The van der Waals surface area contributed by atoms with Crippen LogP contribution in [0.3, 0.4) is 0 Å². The van der Waals surface area contributed by atoms with Crippen molar-refractivity contribution in [1.29, 1.82) is 0 Å². The molecule has 0 bridgehead atoms. The van der Waals surface area contributed by atoms with E-state index in [1.54, 1.807) is 7.11 Å². The van der Waals surface area contributed by atoms with Crippen LogP contribution in [0, 0.1) is 0 Å². The van der Waals surface area contributed by atoms with Crippen LogP contribution in [0.1, 0.15) is 22.7 Å². The summed E-state index contributed by atoms with van der Waals surface area (Å²) in [4.78, 5) is 4.44. The minimum Gasteiger partial charge on any atom is -0.496 e. The van der Waals surface area contributed by atoms with Gasteiger partial charge in [0.2, 0.25) is 0 Å². The molecule has 1 aliphatic heterocycles. The average molecular weight is 325 g/mol. The van der Waals surface area contributed by atoms with E-state index in [2.05, 4.69) is 27.8 Å². The highest BCUT2D eigenvalue weighted by atomic mass is 16.5. The van der Waals surface area contributed by atoms with E-state index in [0.29, 0.717) is 0 Å². The van der Waals surface area contributed by atoms with Gasteiger partial charge in [0.15, 0.2) is 5.96 Å². The lowest BCUT2D eigenvalue weighted by Crippen LogP contribution is -2.37. The first kappa shape index (κ1) is 16.3. The summed E-state index contributed by atoms with van der Waals surface area (Å²) in [5.41, 5.74) is 3.08. The van der Waals surface area contributed by atoms with Crippen molar-refractivity contribution in [2.75, 3.05) is 20.2 Å². The number of hydrogen-bond acceptors (Lipinski definition) is 5. The van der Waals surface area contributed by atoms with Crippen molar-refractivity contribution < 1.29 is 9.84 Å². The summed E-state index contributed by atoms with van der Waals surface area (Å²) in [6.07, 6.45) is 0.734. The molecule has 2 aromatic carbocycles. The molecule has 1 aliphatic rings. The molecule has 1 atom stereocenters. The second-order valence-corrected chi connectivity index (χ2v) is 5.72. The van der Waals surface area contributed by atoms with Gasteiger partial charge in [0, 0.05) is 12.1 Å². The zero-order valence-corrected chi connectivity index (χ0v) is 13.8. The maximum absolute atomic E-state index is 9.76. The molecular formula is C19H23N3O2. The number of benzene rings is 2. The van der Waals surface area contributed by atoms with Crippen LogP contribution >= 0.6 is 0 Å². The van der Waals surface area contributed by atoms with Gasteiger partial charge in [-0.1, -0.05) is 42.5 Å². The average Bonchev–Trinajstić information content (AvgIpc) is 3.14. The standard InChI is InChI=1S/C19H23N3O2/c1-24-18-9-5-8-15(16(18)13-23)12-17(14-6-3-2-4-7-14)22-19-20-10-11-21-19/h2-9,17,23H,10-13H2,1H3,(H2,20,21,22). The lowest BCUT2D eigenvalue weighted by atomic mass is 9.95. The molecule has 5 heteroatoms. The predicted octanol–water partition coefficient (Wildman–Crippen LogP) is 2.02. The molecule has 1 unspecified atom stereocenters. The van der Waals surface area contributed by atoms with E-state index < -0.39 is 0 Å². The third-order valence-corrected chi connectivity index (χ3v) is 4.22. The molecule has 24 heavy (non-hydrogen) atoms. The molecule has 2 aromatic rings. The van der Waals surface area contributed by atoms with E-state index in [1.165, 1.54) is 5.56 Å². The van der Waals surface area contributed by atoms with Crippen LogP contribution in [0.15, 0.2) is 53.5 Å². The molecule has 0 radical (unpaired) electrons. The van der Waals surface area contributed by atoms with E-state index in [1.807, 2.05) is 36.4 Å². The number of methoxy groups -OCH3 is 1. The first-order chi connectivity index (χ1) is 11.8. The van der Waals surface area contributed by atoms with E-state index >= 15 is 0 Å². The van der Waals surface area contributed by atoms with Gasteiger partial charge in [0.1, 0.15) is 5.75 Å². The Morgan fingerprint density at radius 3 is 2.71 bits per heavy atom. The molecule has 0 saturated carbocycles. The predicted molar refractivity (Wildman–Crippen MR) is 95.2 cm³/mol. The topological polar surface area (TPSA) is 65.9 Å². The van der Waals surface area contributed by atoms with Crippen LogP contribution in [0.25, 0.3) is 0 Å². The summed E-state index contributed by atoms with van der Waals surface area (Å²) < 4.78 is 5.38. The van der Waals surface area contributed by atoms with Crippen LogP contribution in [0.5, 0.6) is 5.75 Å². The third-order valence-electron chi connectivity index (χ3n) is 4.22. The lowest BCUT2D eigenvalue weighted by Gasteiger charge is -2.22. The molecule has 0 amide bonds. The Bertz CT molecular complexity index is 701. The highest BCUT2D eigenvalue weighted by Gasteiger charge is 2.18. The Morgan fingerprint density at radius 2 is 2.04 bits per heavy atom. The summed E-state index contributed by atoms with van der Waals surface area (Å²) >= 11 is 0. The van der Waals surface area contributed by atoms with Gasteiger partial charge < -0.3 is 20.5 Å². The molecule has 5 nitrogen and oxygen atoms in total. The molecule has 1 heterocycles. The van der Waals surface area contributed by atoms with Crippen molar-refractivity contribution in [2.45, 2.75) is 19.1 Å². The Morgan fingerprint density at radius 1 is 1.21 bits per heavy atom. The first-order valence-corrected chi connectivity index (χ1v) is 8.17. The number of hydrogen-bond donors (Lipinski definition) is 3. The number of rotatable bonds is 6. The quantitative estimate of drug-likeness (QED) is 0.760. The number of ether oxygens (including phenoxy) is 1. The number of aliphatic imine (C=N–C) groups is 1. The molecular weight excluding hydrogens is 302 g/mol. The van der Waals surface area contributed by atoms with Gasteiger partial charge in [0.05, 0.1) is 26.3 Å². The van der Waals surface area contributed by atoms with Crippen LogP contribution < -0.4 is 15.4 Å². The summed E-state index contributed by atoms with van der Waals surface area (Å²) in [6.45, 7) is 1.62. The monoisotopic (exact) mass is 325 g/mol. The highest BCUT2D eigenvalue weighted by molar-refractivity contribution is 5.81. The third kappa shape index (κ3) is 3.68. The van der Waals surface area contributed by atoms with Gasteiger partial charge in [-0.2, -0.15) is 0 Å². The number of aliphatic hydroxyl groups is 1. The Balaban J connectivity index is 1.89. The van der Waals surface area contributed by atoms with Crippen molar-refractivity contribution in [3.05, 3.63) is 65.2 Å². The smallest absolute Gasteiger partial charge is 0.191 e. The van der Waals surface area contributed by atoms with Crippen molar-refractivity contribution in [3.8, 4) is 5.75 Å². The van der Waals surface area contributed by atoms with Crippen LogP contribution in [0.2, 0.25) is 0 Å². The fourth-order valence-corrected chi connectivity index (χ4v) is 2.99. The second kappa shape index (κ2) is 7.84. The van der Waals surface area contributed by atoms with Gasteiger partial charge >= 0.3 is 0 Å². The van der Waals surface area contributed by atoms with E-state index in [9.17, 15) is 5.11 Å². The maximum atomic E-state index is 9.76. The van der Waals surface area contributed by atoms with Gasteiger partial charge in [-0.25, -0.2) is 0 Å². The maximum Gasteiger partial charge on any atom is 0.191 e. The fourth-order valence-electron chi connectivity index (χ4n) is 2.99. The van der Waals surface area contributed by atoms with E-state index in [0.717, 1.165) is 42.3 Å². The van der Waals surface area contributed by atoms with Crippen LogP contribution in [-0.2, 0) is 13.0 Å². The molecule has 3 rings (SSSR count). The van der Waals surface area contributed by atoms with Crippen molar-refractivity contribution >= 4 is 5.96 Å². The number of nitrogens with one attached hydrogen (secondary N) is 2. The van der Waals surface area contributed by atoms with Gasteiger partial charge in [-0.15, -0.1) is 0 Å². The number of guanidine groups is 1. The van der Waals surface area contributed by atoms with Crippen molar-refractivity contribution in [2.24, 2.45) is 4.99 Å². The molecule has 0 spiro atoms. The normalized spacial score (nSPS) is 14.7. The molecule has 0 saturated heterocycles. The molecule has 0 aliphatic carbocycles. The van der Waals surface area contributed by atoms with E-state index in [4.69, 9.17) is 4.74 Å². The summed E-state index contributed by atoms with van der Waals surface area (Å²) in [5, 5.41) is 16.5. The van der Waals surface area contributed by atoms with Crippen molar-refractivity contribution in [3.63, 3.8) is 0 Å². The minimum absolute atomic E-state index is 0.0416. The highest BCUT2D eigenvalue weighted by Crippen LogP contribution is 2.27. The van der Waals surface area contributed by atoms with Crippen LogP contribution in [0.4, 0.5) is 0 Å². The first-order valence-electron chi connectivity index (χ1n) is 8.17. The Hall–Kier alpha value is -2.53. The molecule has 126 valence electrons. The fraction of sp³-hybridized carbons (Fsp3) is 0.316.